The third kappa shape index (κ3) is 4.54. The van der Waals surface area contributed by atoms with E-state index in [0.717, 1.165) is 17.7 Å². The molecule has 102 valence electrons. The van der Waals surface area contributed by atoms with Crippen molar-refractivity contribution in [1.29, 1.82) is 0 Å². The van der Waals surface area contributed by atoms with Gasteiger partial charge in [-0.05, 0) is 11.6 Å². The molecule has 0 spiro atoms. The van der Waals surface area contributed by atoms with Gasteiger partial charge >= 0.3 is 51.4 Å². The zero-order chi connectivity index (χ0) is 13.8. The van der Waals surface area contributed by atoms with E-state index in [4.69, 9.17) is 9.84 Å². The van der Waals surface area contributed by atoms with Crippen LogP contribution < -0.4 is 66.5 Å². The number of aliphatic hydroxyl groups is 1. The quantitative estimate of drug-likeness (QED) is 0.546. The number of amides is 1. The van der Waals surface area contributed by atoms with Gasteiger partial charge in [0.2, 0.25) is 5.91 Å². The first kappa shape index (κ1) is 17.6. The number of benzene rings is 1. The molecule has 2 N–H and O–H groups in total. The molecule has 1 aromatic carbocycles. The fourth-order valence-corrected chi connectivity index (χ4v) is 1.93. The van der Waals surface area contributed by atoms with Crippen molar-refractivity contribution in [2.45, 2.75) is 12.8 Å². The molecular weight excluding hydrogens is 289 g/mol. The molecule has 0 saturated carbocycles. The first-order valence-electron chi connectivity index (χ1n) is 5.97. The van der Waals surface area contributed by atoms with Crippen LogP contribution in [0, 0.1) is 5.92 Å². The fourth-order valence-electron chi connectivity index (χ4n) is 1.93. The average Bonchev–Trinajstić information content (AvgIpc) is 2.82. The molecule has 0 aromatic heterocycles. The van der Waals surface area contributed by atoms with Crippen molar-refractivity contribution in [2.24, 2.45) is 5.92 Å². The number of aliphatic hydroxyl groups excluding tert-OH is 1. The Kier molecular flexibility index (Phi) is 7.14. The van der Waals surface area contributed by atoms with E-state index in [1.807, 2.05) is 6.07 Å². The van der Waals surface area contributed by atoms with Gasteiger partial charge in [0.1, 0.15) is 5.75 Å². The molecular formula is C13H14KNO5. The van der Waals surface area contributed by atoms with Crippen LogP contribution in [-0.2, 0) is 16.0 Å². The van der Waals surface area contributed by atoms with Gasteiger partial charge in [-0.1, -0.05) is 6.07 Å². The topological polar surface area (TPSA) is 98.7 Å². The summed E-state index contributed by atoms with van der Waals surface area (Å²) >= 11 is 0. The Bertz CT molecular complexity index is 506. The van der Waals surface area contributed by atoms with Gasteiger partial charge < -0.3 is 25.1 Å². The van der Waals surface area contributed by atoms with Gasteiger partial charge in [0.05, 0.1) is 19.1 Å². The van der Waals surface area contributed by atoms with Crippen molar-refractivity contribution in [1.82, 2.24) is 0 Å². The minimum Gasteiger partial charge on any atom is -0.550 e. The summed E-state index contributed by atoms with van der Waals surface area (Å²) in [7, 11) is 0. The van der Waals surface area contributed by atoms with E-state index in [1.54, 1.807) is 12.1 Å². The Labute approximate surface area is 158 Å². The minimum atomic E-state index is -1.37. The van der Waals surface area contributed by atoms with E-state index in [2.05, 4.69) is 5.32 Å². The van der Waals surface area contributed by atoms with Crippen molar-refractivity contribution in [3.05, 3.63) is 23.8 Å². The standard InChI is InChI=1S/C13H15NO5.K/c15-7-9(5-12(16)17)13(18)14-10-2-1-8-3-4-19-11(8)6-10;/h1-2,6,9,15H,3-5,7H2,(H,14,18)(H,16,17);/q;+1/p-1. The predicted octanol–water partition coefficient (Wildman–Crippen LogP) is -3.69. The van der Waals surface area contributed by atoms with E-state index in [9.17, 15) is 14.7 Å². The van der Waals surface area contributed by atoms with E-state index in [0.29, 0.717) is 12.3 Å². The Morgan fingerprint density at radius 3 is 2.85 bits per heavy atom. The molecule has 1 amide bonds. The maximum absolute atomic E-state index is 11.8. The number of fused-ring (bicyclic) bond motifs is 1. The number of carbonyl (C=O) groups is 2. The summed E-state index contributed by atoms with van der Waals surface area (Å²) in [4.78, 5) is 22.2. The number of anilines is 1. The first-order chi connectivity index (χ1) is 9.10. The molecule has 0 saturated heterocycles. The zero-order valence-corrected chi connectivity index (χ0v) is 14.3. The largest absolute Gasteiger partial charge is 1.00 e. The third-order valence-electron chi connectivity index (χ3n) is 2.97. The molecule has 20 heavy (non-hydrogen) atoms. The Morgan fingerprint density at radius 1 is 1.45 bits per heavy atom. The van der Waals surface area contributed by atoms with Crippen molar-refractivity contribution in [3.8, 4) is 5.75 Å². The number of hydrogen-bond acceptors (Lipinski definition) is 5. The van der Waals surface area contributed by atoms with Crippen molar-refractivity contribution in [2.75, 3.05) is 18.5 Å². The van der Waals surface area contributed by atoms with Gasteiger partial charge in [-0.15, -0.1) is 0 Å². The van der Waals surface area contributed by atoms with Gasteiger partial charge in [-0.3, -0.25) is 4.79 Å². The molecule has 2 rings (SSSR count). The smallest absolute Gasteiger partial charge is 0.550 e. The molecule has 0 aliphatic carbocycles. The second kappa shape index (κ2) is 8.11. The molecule has 6 nitrogen and oxygen atoms in total. The normalized spacial score (nSPS) is 13.7. The summed E-state index contributed by atoms with van der Waals surface area (Å²) in [6.07, 6.45) is 0.331. The molecule has 1 heterocycles. The summed E-state index contributed by atoms with van der Waals surface area (Å²) < 4.78 is 5.37. The number of aliphatic carboxylic acids is 1. The van der Waals surface area contributed by atoms with Crippen LogP contribution in [0.2, 0.25) is 0 Å². The number of carbonyl (C=O) groups excluding carboxylic acids is 2. The number of nitrogens with one attached hydrogen (secondary N) is 1. The van der Waals surface area contributed by atoms with Gasteiger partial charge in [-0.25, -0.2) is 0 Å². The minimum absolute atomic E-state index is 0. The van der Waals surface area contributed by atoms with Crippen LogP contribution in [0.25, 0.3) is 0 Å². The van der Waals surface area contributed by atoms with Gasteiger partial charge in [-0.2, -0.15) is 0 Å². The molecule has 1 atom stereocenters. The number of carboxylic acid groups (broad SMARTS) is 1. The second-order valence-corrected chi connectivity index (χ2v) is 4.37. The molecule has 0 fully saturated rings. The number of carboxylic acids is 1. The van der Waals surface area contributed by atoms with Gasteiger partial charge in [0.15, 0.2) is 0 Å². The number of ether oxygens (including phenoxy) is 1. The number of hydrogen-bond donors (Lipinski definition) is 2. The van der Waals surface area contributed by atoms with Crippen molar-refractivity contribution < 1.29 is 75.9 Å². The van der Waals surface area contributed by atoms with Crippen LogP contribution in [0.5, 0.6) is 5.75 Å². The monoisotopic (exact) mass is 303 g/mol. The molecule has 1 aliphatic rings. The third-order valence-corrected chi connectivity index (χ3v) is 2.97. The zero-order valence-electron chi connectivity index (χ0n) is 11.2. The summed E-state index contributed by atoms with van der Waals surface area (Å²) in [6.45, 7) is 0.0813. The van der Waals surface area contributed by atoms with Crippen LogP contribution in [0.4, 0.5) is 5.69 Å². The van der Waals surface area contributed by atoms with Gasteiger partial charge in [0, 0.05) is 30.6 Å². The SMILES string of the molecule is O=C([O-])CC(CO)C(=O)Nc1ccc2c(c1)OCC2.[K+]. The summed E-state index contributed by atoms with van der Waals surface area (Å²) in [5.74, 6) is -2.21. The predicted molar refractivity (Wildman–Crippen MR) is 64.5 cm³/mol. The fraction of sp³-hybridized carbons (Fsp3) is 0.385. The Morgan fingerprint density at radius 2 is 2.20 bits per heavy atom. The summed E-state index contributed by atoms with van der Waals surface area (Å²) in [5.41, 5.74) is 1.59. The molecule has 1 unspecified atom stereocenters. The van der Waals surface area contributed by atoms with Crippen LogP contribution in [0.3, 0.4) is 0 Å². The van der Waals surface area contributed by atoms with Crippen LogP contribution in [-0.4, -0.2) is 30.2 Å². The molecule has 1 aromatic rings. The van der Waals surface area contributed by atoms with E-state index < -0.39 is 30.8 Å². The van der Waals surface area contributed by atoms with E-state index >= 15 is 0 Å². The van der Waals surface area contributed by atoms with Crippen LogP contribution in [0.15, 0.2) is 18.2 Å². The van der Waals surface area contributed by atoms with Crippen LogP contribution in [0.1, 0.15) is 12.0 Å². The van der Waals surface area contributed by atoms with E-state index in [1.165, 1.54) is 0 Å². The maximum Gasteiger partial charge on any atom is 1.00 e. The molecule has 1 aliphatic heterocycles. The molecule has 0 bridgehead atoms. The van der Waals surface area contributed by atoms with Crippen molar-refractivity contribution >= 4 is 17.6 Å². The Hall–Kier alpha value is -0.444. The average molecular weight is 303 g/mol. The van der Waals surface area contributed by atoms with Crippen LogP contribution >= 0.6 is 0 Å². The summed E-state index contributed by atoms with van der Waals surface area (Å²) in [5, 5.41) is 22.0. The van der Waals surface area contributed by atoms with Gasteiger partial charge in [0.25, 0.3) is 0 Å². The molecule has 0 radical (unpaired) electrons. The first-order valence-corrected chi connectivity index (χ1v) is 5.97. The summed E-state index contributed by atoms with van der Waals surface area (Å²) in [6, 6.07) is 5.26. The number of rotatable bonds is 5. The Balaban J connectivity index is 0.00000200. The second-order valence-electron chi connectivity index (χ2n) is 4.37. The molecule has 7 heteroatoms. The van der Waals surface area contributed by atoms with Crippen molar-refractivity contribution in [3.63, 3.8) is 0 Å². The van der Waals surface area contributed by atoms with E-state index in [-0.39, 0.29) is 51.4 Å². The maximum atomic E-state index is 11.8.